The second kappa shape index (κ2) is 8.81. The zero-order chi connectivity index (χ0) is 26.8. The fourth-order valence-corrected chi connectivity index (χ4v) is 4.96. The van der Waals surface area contributed by atoms with Gasteiger partial charge in [-0.2, -0.15) is 0 Å². The van der Waals surface area contributed by atoms with Gasteiger partial charge in [-0.05, 0) is 23.6 Å². The maximum Gasteiger partial charge on any atom is 0.339 e. The number of phenols is 1. The van der Waals surface area contributed by atoms with Crippen molar-refractivity contribution in [2.24, 2.45) is 0 Å². The van der Waals surface area contributed by atoms with E-state index in [0.717, 1.165) is 0 Å². The summed E-state index contributed by atoms with van der Waals surface area (Å²) in [5.74, 6) is 0.741. The van der Waals surface area contributed by atoms with E-state index in [4.69, 9.17) is 33.2 Å². The van der Waals surface area contributed by atoms with Crippen molar-refractivity contribution >= 4 is 16.7 Å². The minimum absolute atomic E-state index is 0.0131. The highest BCUT2D eigenvalue weighted by atomic mass is 16.7. The summed E-state index contributed by atoms with van der Waals surface area (Å²) in [6.07, 6.45) is -2.96. The van der Waals surface area contributed by atoms with Gasteiger partial charge < -0.3 is 53.6 Å². The molecule has 0 radical (unpaired) electrons. The van der Waals surface area contributed by atoms with Crippen molar-refractivity contribution in [3.05, 3.63) is 35.4 Å². The molecule has 1 saturated heterocycles. The van der Waals surface area contributed by atoms with Crippen molar-refractivity contribution in [1.29, 1.82) is 0 Å². The molecule has 3 aliphatic heterocycles. The third-order valence-electron chi connectivity index (χ3n) is 6.99. The third-order valence-corrected chi connectivity index (χ3v) is 6.99. The number of aromatic hydroxyl groups is 1. The lowest BCUT2D eigenvalue weighted by atomic mass is 9.88. The number of methoxy groups -OCH3 is 2. The standard InChI is InChI=1S/C26H24O12/c1-32-16-3-11-12(4-17(16)33-2)22(38-25-23(29)26(31,8-27)9-35-25)14-7-34-24(30)21(14)20(11)13-5-18-19(6-15(13)28)37-10-36-18/h3-6,23,25,27-29,31H,7-10H2,1-2H3/t23-,25+,26+/m0/s1. The molecule has 3 aliphatic rings. The number of fused-ring (bicyclic) bond motifs is 3. The Morgan fingerprint density at radius 1 is 1.00 bits per heavy atom. The first-order valence-corrected chi connectivity index (χ1v) is 11.6. The van der Waals surface area contributed by atoms with E-state index >= 15 is 0 Å². The van der Waals surface area contributed by atoms with Crippen molar-refractivity contribution in [1.82, 2.24) is 0 Å². The van der Waals surface area contributed by atoms with Crippen LogP contribution in [0.15, 0.2) is 24.3 Å². The molecule has 0 aliphatic carbocycles. The van der Waals surface area contributed by atoms with Crippen molar-refractivity contribution in [3.63, 3.8) is 0 Å². The van der Waals surface area contributed by atoms with E-state index in [2.05, 4.69) is 0 Å². The van der Waals surface area contributed by atoms with E-state index in [0.29, 0.717) is 44.9 Å². The van der Waals surface area contributed by atoms with Crippen LogP contribution in [0.3, 0.4) is 0 Å². The number of carbonyl (C=O) groups is 1. The number of rotatable bonds is 6. The number of ether oxygens (including phenoxy) is 7. The van der Waals surface area contributed by atoms with Crippen LogP contribution in [0.4, 0.5) is 0 Å². The zero-order valence-electron chi connectivity index (χ0n) is 20.3. The SMILES string of the molecule is COc1cc2c(O[C@H]3OC[C@](O)(CO)[C@H]3O)c3c(c(-c4cc5c(cc4O)OCO5)c2cc1OC)C(=O)OC3. The monoisotopic (exact) mass is 528 g/mol. The molecule has 0 spiro atoms. The first-order chi connectivity index (χ1) is 18.3. The lowest BCUT2D eigenvalue weighted by Gasteiger charge is -2.25. The van der Waals surface area contributed by atoms with Crippen LogP contribution in [0.1, 0.15) is 15.9 Å². The van der Waals surface area contributed by atoms with Crippen LogP contribution in [0.2, 0.25) is 0 Å². The number of hydrogen-bond acceptors (Lipinski definition) is 12. The number of benzene rings is 3. The van der Waals surface area contributed by atoms with Gasteiger partial charge in [-0.1, -0.05) is 0 Å². The summed E-state index contributed by atoms with van der Waals surface area (Å²) >= 11 is 0. The average molecular weight is 528 g/mol. The van der Waals surface area contributed by atoms with Gasteiger partial charge in [-0.3, -0.25) is 0 Å². The molecule has 12 nitrogen and oxygen atoms in total. The normalized spacial score (nSPS) is 23.4. The maximum atomic E-state index is 13.1. The fraction of sp³-hybridized carbons (Fsp3) is 0.346. The van der Waals surface area contributed by atoms with Crippen LogP contribution in [0, 0.1) is 0 Å². The van der Waals surface area contributed by atoms with Gasteiger partial charge in [0, 0.05) is 28.1 Å². The molecule has 38 heavy (non-hydrogen) atoms. The molecule has 12 heteroatoms. The molecule has 3 aromatic carbocycles. The molecule has 3 heterocycles. The molecule has 1 fully saturated rings. The zero-order valence-corrected chi connectivity index (χ0v) is 20.3. The third kappa shape index (κ3) is 3.49. The van der Waals surface area contributed by atoms with E-state index in [-0.39, 0.29) is 42.6 Å². The number of aliphatic hydroxyl groups is 3. The minimum atomic E-state index is -1.92. The molecule has 0 saturated carbocycles. The highest BCUT2D eigenvalue weighted by molar-refractivity contribution is 6.14. The molecular formula is C26H24O12. The lowest BCUT2D eigenvalue weighted by molar-refractivity contribution is -0.115. The Hall–Kier alpha value is -3.97. The van der Waals surface area contributed by atoms with E-state index in [1.807, 2.05) is 0 Å². The second-order valence-corrected chi connectivity index (χ2v) is 9.11. The van der Waals surface area contributed by atoms with E-state index in [1.165, 1.54) is 20.3 Å². The number of esters is 1. The second-order valence-electron chi connectivity index (χ2n) is 9.11. The molecule has 4 N–H and O–H groups in total. The van der Waals surface area contributed by atoms with Crippen LogP contribution in [-0.4, -0.2) is 78.6 Å². The molecule has 200 valence electrons. The van der Waals surface area contributed by atoms with Crippen LogP contribution in [0.25, 0.3) is 21.9 Å². The van der Waals surface area contributed by atoms with Gasteiger partial charge in [0.2, 0.25) is 13.1 Å². The van der Waals surface area contributed by atoms with Crippen molar-refractivity contribution in [2.45, 2.75) is 24.6 Å². The number of cyclic esters (lactones) is 1. The molecule has 0 aromatic heterocycles. The van der Waals surface area contributed by atoms with Gasteiger partial charge in [0.1, 0.15) is 29.8 Å². The number of phenolic OH excluding ortho intramolecular Hbond substituents is 1. The summed E-state index contributed by atoms with van der Waals surface area (Å²) in [5.41, 5.74) is -0.855. The van der Waals surface area contributed by atoms with Gasteiger partial charge in [0.05, 0.1) is 33.0 Å². The van der Waals surface area contributed by atoms with Crippen LogP contribution >= 0.6 is 0 Å². The van der Waals surface area contributed by atoms with Gasteiger partial charge in [-0.25, -0.2) is 4.79 Å². The first-order valence-electron chi connectivity index (χ1n) is 11.6. The van der Waals surface area contributed by atoms with Gasteiger partial charge >= 0.3 is 5.97 Å². The molecule has 0 amide bonds. The van der Waals surface area contributed by atoms with Crippen LogP contribution in [-0.2, 0) is 16.1 Å². The molecule has 3 aromatic rings. The van der Waals surface area contributed by atoms with Gasteiger partial charge in [0.15, 0.2) is 23.0 Å². The van der Waals surface area contributed by atoms with Crippen molar-refractivity contribution in [3.8, 4) is 45.6 Å². The van der Waals surface area contributed by atoms with Crippen LogP contribution < -0.4 is 23.7 Å². The minimum Gasteiger partial charge on any atom is -0.507 e. The Labute approximate surface area is 215 Å². The lowest BCUT2D eigenvalue weighted by Crippen LogP contribution is -2.48. The predicted molar refractivity (Wildman–Crippen MR) is 128 cm³/mol. The Morgan fingerprint density at radius 3 is 2.34 bits per heavy atom. The van der Waals surface area contributed by atoms with Gasteiger partial charge in [-0.15, -0.1) is 0 Å². The molecule has 3 atom stereocenters. The summed E-state index contributed by atoms with van der Waals surface area (Å²) < 4.78 is 38.8. The Bertz CT molecular complexity index is 1470. The largest absolute Gasteiger partial charge is 0.507 e. The summed E-state index contributed by atoms with van der Waals surface area (Å²) in [5, 5.41) is 42.4. The average Bonchev–Trinajstić information content (AvgIpc) is 3.61. The Kier molecular flexibility index (Phi) is 5.65. The fourth-order valence-electron chi connectivity index (χ4n) is 4.96. The molecule has 0 unspecified atom stereocenters. The maximum absolute atomic E-state index is 13.1. The van der Waals surface area contributed by atoms with Gasteiger partial charge in [0.25, 0.3) is 0 Å². The van der Waals surface area contributed by atoms with E-state index in [9.17, 15) is 25.2 Å². The molecular weight excluding hydrogens is 504 g/mol. The summed E-state index contributed by atoms with van der Waals surface area (Å²) in [7, 11) is 2.92. The van der Waals surface area contributed by atoms with E-state index in [1.54, 1.807) is 18.2 Å². The summed E-state index contributed by atoms with van der Waals surface area (Å²) in [6, 6.07) is 6.22. The quantitative estimate of drug-likeness (QED) is 0.341. The Morgan fingerprint density at radius 2 is 1.68 bits per heavy atom. The number of hydrogen-bond donors (Lipinski definition) is 4. The first kappa shape index (κ1) is 24.4. The van der Waals surface area contributed by atoms with Crippen molar-refractivity contribution < 1.29 is 58.4 Å². The summed E-state index contributed by atoms with van der Waals surface area (Å²) in [6.45, 7) is -1.30. The van der Waals surface area contributed by atoms with Crippen molar-refractivity contribution in [2.75, 3.05) is 34.2 Å². The number of aliphatic hydroxyl groups excluding tert-OH is 2. The molecule has 6 rings (SSSR count). The predicted octanol–water partition coefficient (Wildman–Crippen LogP) is 1.45. The highest BCUT2D eigenvalue weighted by Crippen LogP contribution is 2.52. The summed E-state index contributed by atoms with van der Waals surface area (Å²) in [4.78, 5) is 13.1. The number of carbonyl (C=O) groups excluding carboxylic acids is 1. The van der Waals surface area contributed by atoms with E-state index < -0.39 is 30.6 Å². The topological polar surface area (TPSA) is 163 Å². The van der Waals surface area contributed by atoms with Crippen LogP contribution in [0.5, 0.6) is 34.5 Å². The Balaban J connectivity index is 1.64. The molecule has 0 bridgehead atoms. The smallest absolute Gasteiger partial charge is 0.339 e. The highest BCUT2D eigenvalue weighted by Gasteiger charge is 2.50.